The minimum absolute atomic E-state index is 0.0586. The molecular formula is C23H20BrNO5. The normalized spacial score (nSPS) is 13.1. The van der Waals surface area contributed by atoms with Crippen molar-refractivity contribution in [2.75, 3.05) is 5.32 Å². The fourth-order valence-electron chi connectivity index (χ4n) is 3.13. The van der Waals surface area contributed by atoms with Crippen molar-refractivity contribution < 1.29 is 24.5 Å². The van der Waals surface area contributed by atoms with Crippen LogP contribution < -0.4 is 5.32 Å². The number of rotatable bonds is 6. The Morgan fingerprint density at radius 2 is 1.83 bits per heavy atom. The minimum Gasteiger partial charge on any atom is -0.508 e. The molecule has 0 aliphatic heterocycles. The van der Waals surface area contributed by atoms with E-state index < -0.39 is 24.1 Å². The van der Waals surface area contributed by atoms with Crippen molar-refractivity contribution in [3.63, 3.8) is 0 Å². The third-order valence-corrected chi connectivity index (χ3v) is 5.07. The number of carboxylic acids is 1. The monoisotopic (exact) mass is 469 g/mol. The van der Waals surface area contributed by atoms with E-state index in [-0.39, 0.29) is 5.75 Å². The Labute approximate surface area is 181 Å². The standard InChI is InChI=1S/C23H20BrNO5/c1-14(9-12-21(27)28)22(18-13-16(24)10-11-20(18)26)30-23(29)25-19-8-4-6-15-5-2-3-7-17(15)19/h2-14,22,26H,1H3,(H,25,29)(H,27,28)/b12-9+/t14-,22+/m1/s1. The third-order valence-electron chi connectivity index (χ3n) is 4.58. The number of hydrogen-bond donors (Lipinski definition) is 3. The molecule has 0 unspecified atom stereocenters. The van der Waals surface area contributed by atoms with Crippen LogP contribution in [0.2, 0.25) is 0 Å². The van der Waals surface area contributed by atoms with Gasteiger partial charge in [-0.15, -0.1) is 0 Å². The van der Waals surface area contributed by atoms with Gasteiger partial charge in [0.1, 0.15) is 11.9 Å². The van der Waals surface area contributed by atoms with E-state index in [1.54, 1.807) is 25.1 Å². The second-order valence-electron chi connectivity index (χ2n) is 6.74. The Morgan fingerprint density at radius 3 is 2.60 bits per heavy atom. The van der Waals surface area contributed by atoms with Gasteiger partial charge in [0.15, 0.2) is 0 Å². The smallest absolute Gasteiger partial charge is 0.412 e. The molecule has 3 aromatic rings. The molecule has 3 rings (SSSR count). The van der Waals surface area contributed by atoms with Crippen molar-refractivity contribution in [2.45, 2.75) is 13.0 Å². The van der Waals surface area contributed by atoms with Crippen LogP contribution in [0.5, 0.6) is 5.75 Å². The van der Waals surface area contributed by atoms with Gasteiger partial charge in [-0.25, -0.2) is 9.59 Å². The molecule has 0 radical (unpaired) electrons. The molecule has 0 aliphatic rings. The van der Waals surface area contributed by atoms with Gasteiger partial charge >= 0.3 is 12.1 Å². The maximum Gasteiger partial charge on any atom is 0.412 e. The Hall–Kier alpha value is -3.32. The summed E-state index contributed by atoms with van der Waals surface area (Å²) in [5, 5.41) is 23.8. The van der Waals surface area contributed by atoms with Crippen LogP contribution >= 0.6 is 15.9 Å². The van der Waals surface area contributed by atoms with Gasteiger partial charge in [0.2, 0.25) is 0 Å². The van der Waals surface area contributed by atoms with Gasteiger partial charge in [-0.05, 0) is 29.7 Å². The predicted molar refractivity (Wildman–Crippen MR) is 119 cm³/mol. The van der Waals surface area contributed by atoms with Gasteiger partial charge in [-0.3, -0.25) is 5.32 Å². The molecule has 2 atom stereocenters. The first-order chi connectivity index (χ1) is 14.3. The fraction of sp³-hybridized carbons (Fsp3) is 0.130. The molecule has 3 N–H and O–H groups in total. The summed E-state index contributed by atoms with van der Waals surface area (Å²) in [6.45, 7) is 1.70. The number of carbonyl (C=O) groups excluding carboxylic acids is 1. The molecule has 0 saturated carbocycles. The topological polar surface area (TPSA) is 95.9 Å². The molecule has 0 fully saturated rings. The molecule has 3 aromatic carbocycles. The zero-order chi connectivity index (χ0) is 21.7. The Morgan fingerprint density at radius 1 is 1.10 bits per heavy atom. The minimum atomic E-state index is -1.11. The van der Waals surface area contributed by atoms with Crippen LogP contribution in [0.25, 0.3) is 10.8 Å². The van der Waals surface area contributed by atoms with Crippen LogP contribution in [0, 0.1) is 5.92 Å². The highest BCUT2D eigenvalue weighted by Crippen LogP contribution is 2.35. The van der Waals surface area contributed by atoms with E-state index in [1.165, 1.54) is 12.1 Å². The average molecular weight is 470 g/mol. The maximum atomic E-state index is 12.7. The first-order valence-electron chi connectivity index (χ1n) is 9.20. The summed E-state index contributed by atoms with van der Waals surface area (Å²) in [5.74, 6) is -1.68. The van der Waals surface area contributed by atoms with Gasteiger partial charge in [-0.2, -0.15) is 0 Å². The van der Waals surface area contributed by atoms with Crippen molar-refractivity contribution in [1.29, 1.82) is 0 Å². The highest BCUT2D eigenvalue weighted by Gasteiger charge is 2.25. The molecule has 0 spiro atoms. The molecule has 30 heavy (non-hydrogen) atoms. The van der Waals surface area contributed by atoms with Crippen LogP contribution in [-0.4, -0.2) is 22.3 Å². The van der Waals surface area contributed by atoms with E-state index in [4.69, 9.17) is 9.84 Å². The van der Waals surface area contributed by atoms with Gasteiger partial charge < -0.3 is 14.9 Å². The summed E-state index contributed by atoms with van der Waals surface area (Å²) >= 11 is 3.34. The largest absolute Gasteiger partial charge is 0.508 e. The number of hydrogen-bond acceptors (Lipinski definition) is 4. The Kier molecular flexibility index (Phi) is 6.74. The van der Waals surface area contributed by atoms with E-state index in [0.717, 1.165) is 16.8 Å². The first-order valence-corrected chi connectivity index (χ1v) is 9.99. The third kappa shape index (κ3) is 5.18. The lowest BCUT2D eigenvalue weighted by atomic mass is 9.96. The second kappa shape index (κ2) is 9.45. The number of phenolic OH excluding ortho intramolecular Hbond substituents is 1. The van der Waals surface area contributed by atoms with Gasteiger partial charge in [-0.1, -0.05) is 65.3 Å². The summed E-state index contributed by atoms with van der Waals surface area (Å²) in [6, 6.07) is 17.9. The number of halogens is 1. The Balaban J connectivity index is 1.89. The molecule has 0 bridgehead atoms. The zero-order valence-electron chi connectivity index (χ0n) is 16.1. The second-order valence-corrected chi connectivity index (χ2v) is 7.65. The maximum absolute atomic E-state index is 12.7. The number of ether oxygens (including phenoxy) is 1. The highest BCUT2D eigenvalue weighted by atomic mass is 79.9. The van der Waals surface area contributed by atoms with E-state index >= 15 is 0 Å². The van der Waals surface area contributed by atoms with Crippen molar-refractivity contribution in [3.8, 4) is 5.75 Å². The van der Waals surface area contributed by atoms with Crippen LogP contribution in [0.15, 0.2) is 77.3 Å². The molecule has 7 heteroatoms. The van der Waals surface area contributed by atoms with E-state index in [1.807, 2.05) is 36.4 Å². The first kappa shape index (κ1) is 21.4. The van der Waals surface area contributed by atoms with Gasteiger partial charge in [0, 0.05) is 27.4 Å². The predicted octanol–water partition coefficient (Wildman–Crippen LogP) is 5.87. The lowest BCUT2D eigenvalue weighted by Crippen LogP contribution is -2.21. The summed E-state index contributed by atoms with van der Waals surface area (Å²) in [4.78, 5) is 23.6. The van der Waals surface area contributed by atoms with Crippen molar-refractivity contribution in [2.24, 2.45) is 5.92 Å². The number of fused-ring (bicyclic) bond motifs is 1. The van der Waals surface area contributed by atoms with Gasteiger partial charge in [0.25, 0.3) is 0 Å². The van der Waals surface area contributed by atoms with E-state index in [9.17, 15) is 14.7 Å². The molecule has 1 amide bonds. The Bertz CT molecular complexity index is 1110. The number of phenols is 1. The quantitative estimate of drug-likeness (QED) is 0.392. The SMILES string of the molecule is C[C@H](/C=C/C(=O)O)[C@H](OC(=O)Nc1cccc2ccccc12)c1cc(Br)ccc1O. The fourth-order valence-corrected chi connectivity index (χ4v) is 3.51. The van der Waals surface area contributed by atoms with E-state index in [2.05, 4.69) is 21.2 Å². The highest BCUT2D eigenvalue weighted by molar-refractivity contribution is 9.10. The lowest BCUT2D eigenvalue weighted by molar-refractivity contribution is -0.131. The number of aromatic hydroxyl groups is 1. The molecule has 6 nitrogen and oxygen atoms in total. The average Bonchev–Trinajstić information content (AvgIpc) is 2.72. The van der Waals surface area contributed by atoms with Crippen LogP contribution in [0.4, 0.5) is 10.5 Å². The summed E-state index contributed by atoms with van der Waals surface area (Å²) < 4.78 is 6.33. The molecule has 0 aliphatic carbocycles. The van der Waals surface area contributed by atoms with Crippen LogP contribution in [0.1, 0.15) is 18.6 Å². The molecular weight excluding hydrogens is 450 g/mol. The van der Waals surface area contributed by atoms with Crippen LogP contribution in [0.3, 0.4) is 0 Å². The zero-order valence-corrected chi connectivity index (χ0v) is 17.7. The van der Waals surface area contributed by atoms with Crippen molar-refractivity contribution in [3.05, 3.63) is 82.9 Å². The number of carbonyl (C=O) groups is 2. The lowest BCUT2D eigenvalue weighted by Gasteiger charge is -2.24. The number of amides is 1. The summed E-state index contributed by atoms with van der Waals surface area (Å²) in [6.07, 6.45) is 0.774. The molecule has 154 valence electrons. The molecule has 0 saturated heterocycles. The van der Waals surface area contributed by atoms with Crippen molar-refractivity contribution in [1.82, 2.24) is 0 Å². The number of nitrogens with one attached hydrogen (secondary N) is 1. The number of aliphatic carboxylic acids is 1. The van der Waals surface area contributed by atoms with Crippen LogP contribution in [-0.2, 0) is 9.53 Å². The summed E-state index contributed by atoms with van der Waals surface area (Å²) in [7, 11) is 0. The van der Waals surface area contributed by atoms with Gasteiger partial charge in [0.05, 0.1) is 5.69 Å². The number of anilines is 1. The molecule has 0 aromatic heterocycles. The molecule has 0 heterocycles. The number of carboxylic acid groups (broad SMARTS) is 1. The van der Waals surface area contributed by atoms with E-state index in [0.29, 0.717) is 15.7 Å². The van der Waals surface area contributed by atoms with Crippen molar-refractivity contribution >= 4 is 44.5 Å². The summed E-state index contributed by atoms with van der Waals surface area (Å²) in [5.41, 5.74) is 0.948. The number of benzene rings is 3.